The number of rotatable bonds is 0. The summed E-state index contributed by atoms with van der Waals surface area (Å²) in [6.45, 7) is 3.82. The molecule has 1 aliphatic heterocycles. The second kappa shape index (κ2) is 5.41. The van der Waals surface area contributed by atoms with Gasteiger partial charge < -0.3 is 9.84 Å². The van der Waals surface area contributed by atoms with Crippen LogP contribution in [0.5, 0.6) is 0 Å². The van der Waals surface area contributed by atoms with Crippen LogP contribution in [0.15, 0.2) is 4.99 Å². The normalized spacial score (nSPS) is 22.8. The van der Waals surface area contributed by atoms with Gasteiger partial charge in [0.2, 0.25) is 0 Å². The number of hydrogen-bond donors (Lipinski definition) is 0. The molecule has 5 heteroatoms. The van der Waals surface area contributed by atoms with Gasteiger partial charge in [-0.05, 0) is 6.92 Å². The van der Waals surface area contributed by atoms with Crippen molar-refractivity contribution in [1.29, 1.82) is 0 Å². The molecule has 3 nitrogen and oxygen atoms in total. The van der Waals surface area contributed by atoms with E-state index in [1.165, 1.54) is 0 Å². The fourth-order valence-corrected chi connectivity index (χ4v) is 0.391. The van der Waals surface area contributed by atoms with Crippen LogP contribution in [0.1, 0.15) is 0 Å². The first-order valence-corrected chi connectivity index (χ1v) is 2.00. The summed E-state index contributed by atoms with van der Waals surface area (Å²) in [5, 5.41) is 10.0. The summed E-state index contributed by atoms with van der Waals surface area (Å²) in [4.78, 5) is 3.42. The molecule has 0 bridgehead atoms. The number of ether oxygens (including phenoxy) is 1. The van der Waals surface area contributed by atoms with Crippen molar-refractivity contribution in [2.45, 2.75) is 6.04 Å². The van der Waals surface area contributed by atoms with Gasteiger partial charge in [-0.3, -0.25) is 4.99 Å². The smallest absolute Gasteiger partial charge is 0.145 e. The van der Waals surface area contributed by atoms with Crippen LogP contribution in [-0.2, 0) is 24.2 Å². The Balaban J connectivity index is 0. The van der Waals surface area contributed by atoms with Gasteiger partial charge in [0, 0.05) is 26.1 Å². The van der Waals surface area contributed by atoms with E-state index in [0.717, 1.165) is 0 Å². The van der Waals surface area contributed by atoms with Gasteiger partial charge in [0.05, 0.1) is 6.04 Å². The second-order valence-corrected chi connectivity index (χ2v) is 1.36. The van der Waals surface area contributed by atoms with Crippen molar-refractivity contribution in [3.05, 3.63) is 6.92 Å². The second-order valence-electron chi connectivity index (χ2n) is 1.36. The number of halogens is 1. The van der Waals surface area contributed by atoms with Gasteiger partial charge >= 0.3 is 0 Å². The van der Waals surface area contributed by atoms with Crippen LogP contribution in [0.2, 0.25) is 0 Å². The predicted octanol–water partition coefficient (Wildman–Crippen LogP) is -0.449. The minimum absolute atomic E-state index is 0. The molecule has 0 aromatic rings. The van der Waals surface area contributed by atoms with Gasteiger partial charge in [-0.2, -0.15) is 0 Å². The zero-order valence-electron chi connectivity index (χ0n) is 4.87. The Kier molecular flexibility index (Phi) is 7.40. The van der Waals surface area contributed by atoms with Gasteiger partial charge in [0.15, 0.2) is 0 Å². The summed E-state index contributed by atoms with van der Waals surface area (Å²) in [7, 11) is 0. The molecule has 0 saturated carbocycles. The van der Waals surface area contributed by atoms with Crippen LogP contribution < -0.4 is 5.11 Å². The van der Waals surface area contributed by atoms with Crippen LogP contribution in [0.4, 0.5) is 0 Å². The van der Waals surface area contributed by atoms with Crippen LogP contribution in [0.3, 0.4) is 0 Å². The molecule has 0 spiro atoms. The molecule has 0 aromatic carbocycles. The molecular weight excluding hydrogens is 286 g/mol. The largest absolute Gasteiger partial charge is 0.598 e. The zero-order valence-corrected chi connectivity index (χ0v) is 10.2. The van der Waals surface area contributed by atoms with Crippen molar-refractivity contribution in [2.24, 2.45) is 4.99 Å². The van der Waals surface area contributed by atoms with Crippen molar-refractivity contribution in [2.75, 3.05) is 6.61 Å². The molecular formula is C4H6INO2Zn-. The summed E-state index contributed by atoms with van der Waals surface area (Å²) in [6.07, 6.45) is -0.486. The first-order chi connectivity index (χ1) is 3.29. The van der Waals surface area contributed by atoms with Gasteiger partial charge in [0.25, 0.3) is 0 Å². The molecule has 1 aliphatic rings. The first kappa shape index (κ1) is 12.3. The molecule has 1 radical (unpaired) electrons. The van der Waals surface area contributed by atoms with Crippen LogP contribution >= 0.6 is 24.0 Å². The number of aliphatic imine (C=N–C) groups is 1. The van der Waals surface area contributed by atoms with E-state index >= 15 is 0 Å². The maximum atomic E-state index is 10.0. The van der Waals surface area contributed by atoms with E-state index < -0.39 is 6.08 Å². The molecule has 1 heterocycles. The van der Waals surface area contributed by atoms with Gasteiger partial charge in [-0.15, -0.1) is 24.0 Å². The summed E-state index contributed by atoms with van der Waals surface area (Å²) in [5.74, 6) is 0. The Bertz CT molecular complexity index is 109. The monoisotopic (exact) mass is 291 g/mol. The maximum Gasteiger partial charge on any atom is 0.145 e. The maximum absolute atomic E-state index is 10.0. The summed E-state index contributed by atoms with van der Waals surface area (Å²) >= 11 is 0. The average Bonchev–Trinajstić information content (AvgIpc) is 1.87. The molecule has 9 heavy (non-hydrogen) atoms. The Morgan fingerprint density at radius 3 is 2.44 bits per heavy atom. The first-order valence-electron chi connectivity index (χ1n) is 2.00. The number of hydrogen-bond acceptors (Lipinski definition) is 3. The minimum atomic E-state index is -0.486. The van der Waals surface area contributed by atoms with Crippen LogP contribution in [-0.4, -0.2) is 18.7 Å². The van der Waals surface area contributed by atoms with Crippen molar-refractivity contribution in [3.63, 3.8) is 0 Å². The molecule has 1 atom stereocenters. The minimum Gasteiger partial charge on any atom is -0.598 e. The molecule has 0 aromatic heterocycles. The zero-order chi connectivity index (χ0) is 5.28. The van der Waals surface area contributed by atoms with Crippen molar-refractivity contribution in [1.82, 2.24) is 0 Å². The Hall–Kier alpha value is 0.623. The Morgan fingerprint density at radius 1 is 1.78 bits per heavy atom. The van der Waals surface area contributed by atoms with Gasteiger partial charge in [0.1, 0.15) is 6.08 Å². The van der Waals surface area contributed by atoms with E-state index in [4.69, 9.17) is 0 Å². The molecule has 0 saturated heterocycles. The molecule has 0 unspecified atom stereocenters. The molecule has 0 N–H and O–H groups in total. The Morgan fingerprint density at radius 2 is 2.33 bits per heavy atom. The summed E-state index contributed by atoms with van der Waals surface area (Å²) < 4.78 is 4.40. The molecule has 49 valence electrons. The topological polar surface area (TPSA) is 44.6 Å². The van der Waals surface area contributed by atoms with Crippen molar-refractivity contribution >= 4 is 30.1 Å². The summed E-state index contributed by atoms with van der Waals surface area (Å²) in [5.41, 5.74) is 0. The van der Waals surface area contributed by atoms with Crippen molar-refractivity contribution < 1.29 is 29.3 Å². The predicted molar refractivity (Wildman–Crippen MR) is 37.9 cm³/mol. The Labute approximate surface area is 83.7 Å². The fraction of sp³-hybridized carbons (Fsp3) is 0.500. The van der Waals surface area contributed by atoms with E-state index in [1.807, 2.05) is 0 Å². The van der Waals surface area contributed by atoms with Crippen molar-refractivity contribution in [3.8, 4) is 0 Å². The van der Waals surface area contributed by atoms with E-state index in [-0.39, 0.29) is 49.5 Å². The third-order valence-corrected chi connectivity index (χ3v) is 0.687. The average molecular weight is 292 g/mol. The fourth-order valence-electron chi connectivity index (χ4n) is 0.391. The van der Waals surface area contributed by atoms with E-state index in [0.29, 0.717) is 6.61 Å². The van der Waals surface area contributed by atoms with Gasteiger partial charge in [-0.1, -0.05) is 0 Å². The third-order valence-electron chi connectivity index (χ3n) is 0.687. The third kappa shape index (κ3) is 4.08. The van der Waals surface area contributed by atoms with Gasteiger partial charge in [-0.25, -0.2) is 0 Å². The van der Waals surface area contributed by atoms with Crippen LogP contribution in [0, 0.1) is 6.92 Å². The molecule has 0 amide bonds. The van der Waals surface area contributed by atoms with E-state index in [1.54, 1.807) is 0 Å². The quantitative estimate of drug-likeness (QED) is 0.448. The molecule has 1 rings (SSSR count). The molecule has 0 fully saturated rings. The van der Waals surface area contributed by atoms with E-state index in [9.17, 15) is 5.11 Å². The van der Waals surface area contributed by atoms with E-state index in [2.05, 4.69) is 16.7 Å². The molecule has 0 aliphatic carbocycles. The van der Waals surface area contributed by atoms with Crippen LogP contribution in [0.25, 0.3) is 0 Å². The number of nitrogens with zero attached hydrogens (tertiary/aromatic N) is 1. The SMILES string of the molecule is I.[CH2][C@@H]1COC([O-])=N1.[Zn]. The summed E-state index contributed by atoms with van der Waals surface area (Å²) in [6, 6.07) is -0.174. The standard InChI is InChI=1S/C4H6NO2.HI.Zn/c1-3-2-7-4(6)5-3;;/h3H,1-2H2,(H,5,6);1H;/p-1/t3-;;/m1../s1.